The Morgan fingerprint density at radius 2 is 1.92 bits per heavy atom. The van der Waals surface area contributed by atoms with Crippen molar-refractivity contribution in [1.29, 1.82) is 0 Å². The average Bonchev–Trinajstić information content (AvgIpc) is 1.83. The van der Waals surface area contributed by atoms with Crippen LogP contribution >= 0.6 is 0 Å². The zero-order valence-corrected chi connectivity index (χ0v) is 8.37. The van der Waals surface area contributed by atoms with E-state index in [0.29, 0.717) is 5.92 Å². The fraction of sp³-hybridized carbons (Fsp3) is 0.889. The highest BCUT2D eigenvalue weighted by atomic mass is 16.4. The summed E-state index contributed by atoms with van der Waals surface area (Å²) in [4.78, 5) is 12.4. The van der Waals surface area contributed by atoms with Crippen LogP contribution < -0.4 is 0 Å². The van der Waals surface area contributed by atoms with E-state index in [2.05, 4.69) is 13.8 Å². The van der Waals surface area contributed by atoms with E-state index in [1.807, 2.05) is 19.0 Å². The summed E-state index contributed by atoms with van der Waals surface area (Å²) < 4.78 is 0. The minimum absolute atomic E-state index is 0.169. The van der Waals surface area contributed by atoms with Crippen LogP contribution in [0.5, 0.6) is 0 Å². The molecule has 0 aromatic heterocycles. The molecule has 1 unspecified atom stereocenters. The Hall–Kier alpha value is -0.570. The van der Waals surface area contributed by atoms with Gasteiger partial charge in [0, 0.05) is 6.04 Å². The Kier molecular flexibility index (Phi) is 4.90. The SMILES string of the molecule is CC(C)CC(CC(=O)O)N(C)C. The van der Waals surface area contributed by atoms with Gasteiger partial charge in [-0.05, 0) is 26.4 Å². The normalized spacial score (nSPS) is 13.8. The van der Waals surface area contributed by atoms with E-state index in [4.69, 9.17) is 5.11 Å². The first-order valence-corrected chi connectivity index (χ1v) is 4.31. The molecule has 1 atom stereocenters. The number of hydrogen-bond acceptors (Lipinski definition) is 2. The van der Waals surface area contributed by atoms with Crippen LogP contribution in [0.2, 0.25) is 0 Å². The molecule has 0 spiro atoms. The Balaban J connectivity index is 3.95. The minimum atomic E-state index is -0.714. The molecule has 0 saturated heterocycles. The predicted octanol–water partition coefficient (Wildman–Crippen LogP) is 1.44. The summed E-state index contributed by atoms with van der Waals surface area (Å²) in [6.45, 7) is 4.22. The average molecular weight is 173 g/mol. The van der Waals surface area contributed by atoms with E-state index in [1.54, 1.807) is 0 Å². The van der Waals surface area contributed by atoms with Crippen LogP contribution in [-0.2, 0) is 4.79 Å². The Labute approximate surface area is 74.4 Å². The lowest BCUT2D eigenvalue weighted by Crippen LogP contribution is -2.31. The van der Waals surface area contributed by atoms with Crippen LogP contribution in [0.1, 0.15) is 26.7 Å². The second-order valence-corrected chi connectivity index (χ2v) is 3.84. The molecule has 0 aliphatic carbocycles. The molecule has 3 heteroatoms. The third-order valence-electron chi connectivity index (χ3n) is 1.88. The minimum Gasteiger partial charge on any atom is -0.481 e. The van der Waals surface area contributed by atoms with Crippen LogP contribution in [0.25, 0.3) is 0 Å². The molecule has 0 aliphatic rings. The molecule has 0 aliphatic heterocycles. The van der Waals surface area contributed by atoms with Crippen molar-refractivity contribution in [3.63, 3.8) is 0 Å². The topological polar surface area (TPSA) is 40.5 Å². The van der Waals surface area contributed by atoms with Crippen LogP contribution in [0.4, 0.5) is 0 Å². The smallest absolute Gasteiger partial charge is 0.304 e. The second kappa shape index (κ2) is 5.14. The summed E-state index contributed by atoms with van der Waals surface area (Å²) in [7, 11) is 3.85. The summed E-state index contributed by atoms with van der Waals surface area (Å²) in [5.41, 5.74) is 0. The number of hydrogen-bond donors (Lipinski definition) is 1. The number of rotatable bonds is 5. The molecule has 0 aromatic rings. The monoisotopic (exact) mass is 173 g/mol. The fourth-order valence-corrected chi connectivity index (χ4v) is 1.22. The Morgan fingerprint density at radius 3 is 2.17 bits per heavy atom. The Morgan fingerprint density at radius 1 is 1.42 bits per heavy atom. The molecule has 3 nitrogen and oxygen atoms in total. The number of aliphatic carboxylic acids is 1. The third kappa shape index (κ3) is 5.13. The van der Waals surface area contributed by atoms with Crippen molar-refractivity contribution in [3.05, 3.63) is 0 Å². The van der Waals surface area contributed by atoms with Crippen LogP contribution in [0, 0.1) is 5.92 Å². The number of carbonyl (C=O) groups is 1. The standard InChI is InChI=1S/C9H19NO2/c1-7(2)5-8(10(3)4)6-9(11)12/h7-8H,5-6H2,1-4H3,(H,11,12). The summed E-state index contributed by atoms with van der Waals surface area (Å²) in [6, 6.07) is 0.169. The molecule has 0 fully saturated rings. The predicted molar refractivity (Wildman–Crippen MR) is 49.2 cm³/mol. The molecule has 0 rings (SSSR count). The zero-order valence-electron chi connectivity index (χ0n) is 8.37. The van der Waals surface area contributed by atoms with Gasteiger partial charge in [-0.3, -0.25) is 4.79 Å². The molecule has 1 N–H and O–H groups in total. The van der Waals surface area contributed by atoms with E-state index in [1.165, 1.54) is 0 Å². The lowest BCUT2D eigenvalue weighted by molar-refractivity contribution is -0.138. The van der Waals surface area contributed by atoms with Crippen molar-refractivity contribution in [2.24, 2.45) is 5.92 Å². The molecule has 0 radical (unpaired) electrons. The summed E-state index contributed by atoms with van der Waals surface area (Å²) >= 11 is 0. The molecular weight excluding hydrogens is 154 g/mol. The summed E-state index contributed by atoms with van der Waals surface area (Å²) in [5.74, 6) is -0.161. The highest BCUT2D eigenvalue weighted by molar-refractivity contribution is 5.67. The number of nitrogens with zero attached hydrogens (tertiary/aromatic N) is 1. The van der Waals surface area contributed by atoms with Gasteiger partial charge in [-0.25, -0.2) is 0 Å². The lowest BCUT2D eigenvalue weighted by atomic mass is 10.0. The Bertz CT molecular complexity index is 143. The van der Waals surface area contributed by atoms with E-state index < -0.39 is 5.97 Å². The van der Waals surface area contributed by atoms with Crippen molar-refractivity contribution < 1.29 is 9.90 Å². The first-order chi connectivity index (χ1) is 5.43. The molecule has 72 valence electrons. The lowest BCUT2D eigenvalue weighted by Gasteiger charge is -2.24. The molecule has 12 heavy (non-hydrogen) atoms. The highest BCUT2D eigenvalue weighted by Gasteiger charge is 2.16. The van der Waals surface area contributed by atoms with Crippen molar-refractivity contribution in [1.82, 2.24) is 4.90 Å². The van der Waals surface area contributed by atoms with Gasteiger partial charge in [0.15, 0.2) is 0 Å². The maximum absolute atomic E-state index is 10.5. The van der Waals surface area contributed by atoms with Gasteiger partial charge >= 0.3 is 5.97 Å². The van der Waals surface area contributed by atoms with Gasteiger partial charge in [-0.15, -0.1) is 0 Å². The van der Waals surface area contributed by atoms with Gasteiger partial charge in [-0.2, -0.15) is 0 Å². The van der Waals surface area contributed by atoms with E-state index in [-0.39, 0.29) is 12.5 Å². The first-order valence-electron chi connectivity index (χ1n) is 4.31. The van der Waals surface area contributed by atoms with Gasteiger partial charge in [0.25, 0.3) is 0 Å². The van der Waals surface area contributed by atoms with Gasteiger partial charge < -0.3 is 10.0 Å². The van der Waals surface area contributed by atoms with Crippen LogP contribution in [0.3, 0.4) is 0 Å². The molecular formula is C9H19NO2. The van der Waals surface area contributed by atoms with E-state index in [0.717, 1.165) is 6.42 Å². The van der Waals surface area contributed by atoms with Gasteiger partial charge in [0.05, 0.1) is 6.42 Å². The van der Waals surface area contributed by atoms with E-state index in [9.17, 15) is 4.79 Å². The maximum atomic E-state index is 10.5. The largest absolute Gasteiger partial charge is 0.481 e. The van der Waals surface area contributed by atoms with Crippen molar-refractivity contribution in [3.8, 4) is 0 Å². The summed E-state index contributed by atoms with van der Waals surface area (Å²) in [5, 5.41) is 8.62. The van der Waals surface area contributed by atoms with Gasteiger partial charge in [-0.1, -0.05) is 13.8 Å². The molecule has 0 bridgehead atoms. The maximum Gasteiger partial charge on any atom is 0.304 e. The fourth-order valence-electron chi connectivity index (χ4n) is 1.22. The van der Waals surface area contributed by atoms with E-state index >= 15 is 0 Å². The van der Waals surface area contributed by atoms with Gasteiger partial charge in [0.1, 0.15) is 0 Å². The van der Waals surface area contributed by atoms with Gasteiger partial charge in [0.2, 0.25) is 0 Å². The number of carboxylic acids is 1. The summed E-state index contributed by atoms with van der Waals surface area (Å²) in [6.07, 6.45) is 1.18. The van der Waals surface area contributed by atoms with Crippen molar-refractivity contribution in [2.45, 2.75) is 32.7 Å². The highest BCUT2D eigenvalue weighted by Crippen LogP contribution is 2.11. The number of carboxylic acid groups (broad SMARTS) is 1. The van der Waals surface area contributed by atoms with Crippen LogP contribution in [-0.4, -0.2) is 36.1 Å². The van der Waals surface area contributed by atoms with Crippen LogP contribution in [0.15, 0.2) is 0 Å². The van der Waals surface area contributed by atoms with Crippen molar-refractivity contribution >= 4 is 5.97 Å². The molecule has 0 heterocycles. The van der Waals surface area contributed by atoms with Crippen molar-refractivity contribution in [2.75, 3.05) is 14.1 Å². The quantitative estimate of drug-likeness (QED) is 0.684. The molecule has 0 amide bonds. The molecule has 0 saturated carbocycles. The zero-order chi connectivity index (χ0) is 9.72. The molecule has 0 aromatic carbocycles. The third-order valence-corrected chi connectivity index (χ3v) is 1.88. The second-order valence-electron chi connectivity index (χ2n) is 3.84. The first kappa shape index (κ1) is 11.4.